The fraction of sp³-hybridized carbons (Fsp3) is 0.200. The Balaban J connectivity index is 2.28. The van der Waals surface area contributed by atoms with E-state index in [9.17, 15) is 4.79 Å². The molecule has 2 rings (SSSR count). The van der Waals surface area contributed by atoms with Gasteiger partial charge in [0.2, 0.25) is 0 Å². The summed E-state index contributed by atoms with van der Waals surface area (Å²) in [4.78, 5) is 16.4. The number of nitrogens with zero attached hydrogens (tertiary/aromatic N) is 1. The second-order valence-electron chi connectivity index (χ2n) is 4.24. The maximum Gasteiger partial charge on any atom is 0.260 e. The zero-order valence-corrected chi connectivity index (χ0v) is 11.6. The van der Waals surface area contributed by atoms with Crippen molar-refractivity contribution in [1.29, 1.82) is 0 Å². The quantitative estimate of drug-likeness (QED) is 0.929. The van der Waals surface area contributed by atoms with E-state index in [1.165, 1.54) is 7.11 Å². The van der Waals surface area contributed by atoms with Gasteiger partial charge in [0, 0.05) is 6.20 Å². The van der Waals surface area contributed by atoms with Gasteiger partial charge in [-0.3, -0.25) is 4.79 Å². The average molecular weight is 272 g/mol. The van der Waals surface area contributed by atoms with Crippen LogP contribution < -0.4 is 14.8 Å². The Bertz CT molecular complexity index is 626. The molecule has 0 fully saturated rings. The van der Waals surface area contributed by atoms with E-state index in [1.54, 1.807) is 37.6 Å². The normalized spacial score (nSPS) is 9.95. The Morgan fingerprint density at radius 3 is 2.60 bits per heavy atom. The second-order valence-corrected chi connectivity index (χ2v) is 4.24. The molecule has 1 heterocycles. The molecule has 0 saturated heterocycles. The summed E-state index contributed by atoms with van der Waals surface area (Å²) in [6.07, 6.45) is 1.65. The van der Waals surface area contributed by atoms with Gasteiger partial charge in [-0.25, -0.2) is 4.98 Å². The first-order valence-corrected chi connectivity index (χ1v) is 6.10. The number of aromatic nitrogens is 1. The number of carbonyl (C=O) groups excluding carboxylic acids is 1. The highest BCUT2D eigenvalue weighted by atomic mass is 16.5. The van der Waals surface area contributed by atoms with Crippen LogP contribution in [0.1, 0.15) is 15.9 Å². The topological polar surface area (TPSA) is 60.5 Å². The van der Waals surface area contributed by atoms with Gasteiger partial charge >= 0.3 is 0 Å². The summed E-state index contributed by atoms with van der Waals surface area (Å²) in [5.41, 5.74) is 1.42. The zero-order chi connectivity index (χ0) is 14.5. The van der Waals surface area contributed by atoms with Crippen molar-refractivity contribution in [2.45, 2.75) is 6.92 Å². The van der Waals surface area contributed by atoms with Gasteiger partial charge in [-0.1, -0.05) is 0 Å². The second kappa shape index (κ2) is 6.06. The van der Waals surface area contributed by atoms with Crippen LogP contribution in [0.2, 0.25) is 0 Å². The monoisotopic (exact) mass is 272 g/mol. The predicted octanol–water partition coefficient (Wildman–Crippen LogP) is 2.66. The first-order valence-electron chi connectivity index (χ1n) is 6.10. The lowest BCUT2D eigenvalue weighted by Gasteiger charge is -2.10. The van der Waals surface area contributed by atoms with Gasteiger partial charge in [-0.05, 0) is 42.8 Å². The van der Waals surface area contributed by atoms with E-state index in [0.717, 1.165) is 5.56 Å². The third-order valence-corrected chi connectivity index (χ3v) is 2.81. The van der Waals surface area contributed by atoms with Gasteiger partial charge in [0.15, 0.2) is 0 Å². The van der Waals surface area contributed by atoms with Gasteiger partial charge in [0.1, 0.15) is 17.3 Å². The molecule has 1 N–H and O–H groups in total. The van der Waals surface area contributed by atoms with E-state index in [2.05, 4.69) is 10.3 Å². The molecule has 5 nitrogen and oxygen atoms in total. The lowest BCUT2D eigenvalue weighted by atomic mass is 10.1. The molecule has 0 saturated carbocycles. The molecule has 0 bridgehead atoms. The number of benzene rings is 1. The van der Waals surface area contributed by atoms with Crippen molar-refractivity contribution >= 4 is 11.7 Å². The minimum absolute atomic E-state index is 0.293. The fourth-order valence-electron chi connectivity index (χ4n) is 1.78. The van der Waals surface area contributed by atoms with Crippen molar-refractivity contribution in [3.05, 3.63) is 47.7 Å². The third kappa shape index (κ3) is 3.06. The number of ether oxygens (including phenoxy) is 2. The SMILES string of the molecule is COc1ccc(OC)c(C(=O)Nc2cc(C)ccn2)c1. The lowest BCUT2D eigenvalue weighted by Crippen LogP contribution is -2.14. The molecule has 2 aromatic rings. The molecular formula is C15H16N2O3. The number of carbonyl (C=O) groups is 1. The zero-order valence-electron chi connectivity index (χ0n) is 11.6. The average Bonchev–Trinajstić information content (AvgIpc) is 2.46. The molecule has 0 spiro atoms. The Morgan fingerprint density at radius 1 is 1.15 bits per heavy atom. The Labute approximate surface area is 117 Å². The largest absolute Gasteiger partial charge is 0.497 e. The van der Waals surface area contributed by atoms with Gasteiger partial charge in [-0.2, -0.15) is 0 Å². The number of hydrogen-bond acceptors (Lipinski definition) is 4. The van der Waals surface area contributed by atoms with Crippen LogP contribution in [0.15, 0.2) is 36.5 Å². The maximum absolute atomic E-state index is 12.3. The molecule has 0 aliphatic heterocycles. The molecule has 1 amide bonds. The van der Waals surface area contributed by atoms with Gasteiger partial charge in [0.05, 0.1) is 19.8 Å². The number of anilines is 1. The van der Waals surface area contributed by atoms with E-state index < -0.39 is 0 Å². The van der Waals surface area contributed by atoms with Crippen molar-refractivity contribution in [3.8, 4) is 11.5 Å². The van der Waals surface area contributed by atoms with Crippen LogP contribution in [0, 0.1) is 6.92 Å². The van der Waals surface area contributed by atoms with Crippen molar-refractivity contribution in [2.75, 3.05) is 19.5 Å². The fourth-order valence-corrected chi connectivity index (χ4v) is 1.78. The molecule has 1 aromatic heterocycles. The molecule has 20 heavy (non-hydrogen) atoms. The third-order valence-electron chi connectivity index (χ3n) is 2.81. The Hall–Kier alpha value is -2.56. The van der Waals surface area contributed by atoms with Gasteiger partial charge in [-0.15, -0.1) is 0 Å². The molecule has 0 aliphatic rings. The summed E-state index contributed by atoms with van der Waals surface area (Å²) in [5.74, 6) is 1.28. The number of hydrogen-bond donors (Lipinski definition) is 1. The maximum atomic E-state index is 12.3. The Morgan fingerprint density at radius 2 is 1.95 bits per heavy atom. The van der Waals surface area contributed by atoms with E-state index in [4.69, 9.17) is 9.47 Å². The number of methoxy groups -OCH3 is 2. The molecule has 0 atom stereocenters. The minimum Gasteiger partial charge on any atom is -0.497 e. The summed E-state index contributed by atoms with van der Waals surface area (Å²) < 4.78 is 10.3. The van der Waals surface area contributed by atoms with E-state index in [0.29, 0.717) is 22.9 Å². The molecule has 1 aromatic carbocycles. The highest BCUT2D eigenvalue weighted by Gasteiger charge is 2.14. The molecule has 0 unspecified atom stereocenters. The number of aryl methyl sites for hydroxylation is 1. The summed E-state index contributed by atoms with van der Waals surface area (Å²) in [5, 5.41) is 2.74. The van der Waals surface area contributed by atoms with Crippen molar-refractivity contribution in [3.63, 3.8) is 0 Å². The first kappa shape index (κ1) is 13.9. The number of amides is 1. The Kier molecular flexibility index (Phi) is 4.20. The number of pyridine rings is 1. The first-order chi connectivity index (χ1) is 9.63. The lowest BCUT2D eigenvalue weighted by molar-refractivity contribution is 0.102. The van der Waals surface area contributed by atoms with Crippen LogP contribution >= 0.6 is 0 Å². The van der Waals surface area contributed by atoms with Crippen LogP contribution in [0.3, 0.4) is 0 Å². The molecule has 0 radical (unpaired) electrons. The molecular weight excluding hydrogens is 256 g/mol. The van der Waals surface area contributed by atoms with Crippen LogP contribution in [-0.4, -0.2) is 25.1 Å². The summed E-state index contributed by atoms with van der Waals surface area (Å²) in [7, 11) is 3.06. The van der Waals surface area contributed by atoms with Crippen LogP contribution in [0.5, 0.6) is 11.5 Å². The highest BCUT2D eigenvalue weighted by molar-refractivity contribution is 6.06. The standard InChI is InChI=1S/C15H16N2O3/c1-10-6-7-16-14(8-10)17-15(18)12-9-11(19-2)4-5-13(12)20-3/h4-9H,1-3H3,(H,16,17,18). The highest BCUT2D eigenvalue weighted by Crippen LogP contribution is 2.24. The number of nitrogens with one attached hydrogen (secondary N) is 1. The van der Waals surface area contributed by atoms with E-state index in [-0.39, 0.29) is 5.91 Å². The summed E-state index contributed by atoms with van der Waals surface area (Å²) in [6.45, 7) is 1.93. The van der Waals surface area contributed by atoms with Gasteiger partial charge < -0.3 is 14.8 Å². The summed E-state index contributed by atoms with van der Waals surface area (Å²) >= 11 is 0. The molecule has 0 aliphatic carbocycles. The smallest absolute Gasteiger partial charge is 0.260 e. The van der Waals surface area contributed by atoms with Crippen molar-refractivity contribution < 1.29 is 14.3 Å². The van der Waals surface area contributed by atoms with Crippen LogP contribution in [0.4, 0.5) is 5.82 Å². The van der Waals surface area contributed by atoms with E-state index >= 15 is 0 Å². The van der Waals surface area contributed by atoms with Crippen molar-refractivity contribution in [2.24, 2.45) is 0 Å². The molecule has 5 heteroatoms. The summed E-state index contributed by atoms with van der Waals surface area (Å²) in [6, 6.07) is 8.72. The van der Waals surface area contributed by atoms with Crippen LogP contribution in [0.25, 0.3) is 0 Å². The minimum atomic E-state index is -0.293. The van der Waals surface area contributed by atoms with Gasteiger partial charge in [0.25, 0.3) is 5.91 Å². The van der Waals surface area contributed by atoms with Crippen LogP contribution in [-0.2, 0) is 0 Å². The number of rotatable bonds is 4. The predicted molar refractivity (Wildman–Crippen MR) is 76.5 cm³/mol. The van der Waals surface area contributed by atoms with E-state index in [1.807, 2.05) is 13.0 Å². The van der Waals surface area contributed by atoms with Crippen molar-refractivity contribution in [1.82, 2.24) is 4.98 Å². The molecule has 104 valence electrons.